The summed E-state index contributed by atoms with van der Waals surface area (Å²) < 4.78 is 0. The summed E-state index contributed by atoms with van der Waals surface area (Å²) in [7, 11) is 0. The van der Waals surface area contributed by atoms with E-state index in [1.807, 2.05) is 0 Å². The van der Waals surface area contributed by atoms with Crippen molar-refractivity contribution in [3.63, 3.8) is 0 Å². The number of amides is 1. The van der Waals surface area contributed by atoms with Crippen LogP contribution in [0.3, 0.4) is 0 Å². The Balaban J connectivity index is 0.000000873. The molecule has 0 atom stereocenters. The molecule has 1 N–H and O–H groups in total. The topological polar surface area (TPSA) is 59.1 Å². The number of Topliss-reactive ketones (excluding diaryl/α,β-unsaturated/α-hetero) is 1. The largest absolute Gasteiger partial charge is 0.352 e. The second kappa shape index (κ2) is 10.4. The van der Waals surface area contributed by atoms with Gasteiger partial charge in [-0.1, -0.05) is 20.3 Å². The lowest BCUT2D eigenvalue weighted by Crippen LogP contribution is -2.24. The Hall–Kier alpha value is -1.71. The lowest BCUT2D eigenvalue weighted by molar-refractivity contribution is -0.117. The summed E-state index contributed by atoms with van der Waals surface area (Å²) in [6, 6.07) is 3.41. The van der Waals surface area contributed by atoms with Crippen LogP contribution >= 0.6 is 0 Å². The molecular weight excluding hydrogens is 228 g/mol. The predicted octanol–water partition coefficient (Wildman–Crippen LogP) is 2.60. The van der Waals surface area contributed by atoms with Gasteiger partial charge in [0.2, 0.25) is 0 Å². The number of carbonyl (C=O) groups is 2. The minimum Gasteiger partial charge on any atom is -0.352 e. The van der Waals surface area contributed by atoms with Crippen LogP contribution in [0.25, 0.3) is 0 Å². The number of hydrogen-bond donors (Lipinski definition) is 1. The molecular formula is C14H22N2O2. The highest BCUT2D eigenvalue weighted by Crippen LogP contribution is 1.95. The molecule has 1 amide bonds. The fourth-order valence-electron chi connectivity index (χ4n) is 1.14. The average Bonchev–Trinajstić information content (AvgIpc) is 2.36. The zero-order valence-corrected chi connectivity index (χ0v) is 11.4. The predicted molar refractivity (Wildman–Crippen MR) is 72.5 cm³/mol. The molecule has 1 aromatic rings. The molecule has 4 heteroatoms. The molecule has 1 rings (SSSR count). The van der Waals surface area contributed by atoms with Gasteiger partial charge in [-0.2, -0.15) is 0 Å². The highest BCUT2D eigenvalue weighted by Gasteiger charge is 2.03. The van der Waals surface area contributed by atoms with Gasteiger partial charge < -0.3 is 10.1 Å². The Bertz CT molecular complexity index is 350. The van der Waals surface area contributed by atoms with Crippen molar-refractivity contribution < 1.29 is 9.59 Å². The maximum absolute atomic E-state index is 11.5. The number of aromatic nitrogens is 1. The van der Waals surface area contributed by atoms with Crippen molar-refractivity contribution in [3.8, 4) is 0 Å². The van der Waals surface area contributed by atoms with Gasteiger partial charge >= 0.3 is 0 Å². The molecule has 0 spiro atoms. The molecule has 0 aliphatic carbocycles. The van der Waals surface area contributed by atoms with E-state index in [0.29, 0.717) is 24.9 Å². The lowest BCUT2D eigenvalue weighted by Gasteiger charge is -2.03. The molecule has 18 heavy (non-hydrogen) atoms. The molecule has 0 fully saturated rings. The summed E-state index contributed by atoms with van der Waals surface area (Å²) >= 11 is 0. The van der Waals surface area contributed by atoms with Gasteiger partial charge in [-0.25, -0.2) is 0 Å². The Morgan fingerprint density at radius 2 is 2.00 bits per heavy atom. The Morgan fingerprint density at radius 3 is 2.50 bits per heavy atom. The normalized spacial score (nSPS) is 9.06. The van der Waals surface area contributed by atoms with Crippen LogP contribution in [0.4, 0.5) is 0 Å². The van der Waals surface area contributed by atoms with Crippen LogP contribution in [0, 0.1) is 0 Å². The molecule has 0 aliphatic heterocycles. The monoisotopic (exact) mass is 250 g/mol. The molecule has 0 saturated heterocycles. The Labute approximate surface area is 109 Å². The van der Waals surface area contributed by atoms with E-state index in [-0.39, 0.29) is 11.7 Å². The summed E-state index contributed by atoms with van der Waals surface area (Å²) in [6.07, 6.45) is 5.57. The van der Waals surface area contributed by atoms with Gasteiger partial charge in [0.25, 0.3) is 5.91 Å². The first-order chi connectivity index (χ1) is 8.61. The van der Waals surface area contributed by atoms with Gasteiger partial charge in [0, 0.05) is 25.4 Å². The van der Waals surface area contributed by atoms with E-state index in [4.69, 9.17) is 0 Å². The molecule has 1 heterocycles. The molecule has 0 aliphatic rings. The summed E-state index contributed by atoms with van der Waals surface area (Å²) in [6.45, 7) is 6.32. The standard InChI is InChI=1S/C11H14N2O2.C3H8/c1-9(14)4-2-7-13-11(15)10-5-3-6-12-8-10;1-3-2/h3,5-6,8H,2,4,7H2,1H3,(H,13,15);3H2,1-2H3. The van der Waals surface area contributed by atoms with E-state index >= 15 is 0 Å². The minimum absolute atomic E-state index is 0.144. The number of hydrogen-bond acceptors (Lipinski definition) is 3. The van der Waals surface area contributed by atoms with Crippen molar-refractivity contribution in [2.45, 2.75) is 40.0 Å². The van der Waals surface area contributed by atoms with Gasteiger partial charge in [-0.05, 0) is 25.5 Å². The molecule has 0 radical (unpaired) electrons. The van der Waals surface area contributed by atoms with E-state index in [1.54, 1.807) is 25.3 Å². The smallest absolute Gasteiger partial charge is 0.252 e. The first kappa shape index (κ1) is 16.3. The fraction of sp³-hybridized carbons (Fsp3) is 0.500. The summed E-state index contributed by atoms with van der Waals surface area (Å²) in [5.74, 6) is -0.00252. The molecule has 100 valence electrons. The SMILES string of the molecule is CC(=O)CCCNC(=O)c1cccnc1.CCC. The maximum atomic E-state index is 11.5. The van der Waals surface area contributed by atoms with Gasteiger partial charge in [0.05, 0.1) is 5.56 Å². The number of ketones is 1. The van der Waals surface area contributed by atoms with Gasteiger partial charge in [-0.15, -0.1) is 0 Å². The molecule has 0 unspecified atom stereocenters. The van der Waals surface area contributed by atoms with E-state index in [1.165, 1.54) is 12.6 Å². The van der Waals surface area contributed by atoms with Gasteiger partial charge in [0.15, 0.2) is 0 Å². The van der Waals surface area contributed by atoms with Crippen molar-refractivity contribution in [1.29, 1.82) is 0 Å². The number of nitrogens with zero attached hydrogens (tertiary/aromatic N) is 1. The second-order valence-electron chi connectivity index (χ2n) is 4.01. The molecule has 4 nitrogen and oxygen atoms in total. The summed E-state index contributed by atoms with van der Waals surface area (Å²) in [5.41, 5.74) is 0.542. The summed E-state index contributed by atoms with van der Waals surface area (Å²) in [4.78, 5) is 25.9. The lowest BCUT2D eigenvalue weighted by atomic mass is 10.2. The van der Waals surface area contributed by atoms with Gasteiger partial charge in [-0.3, -0.25) is 9.78 Å². The van der Waals surface area contributed by atoms with E-state index in [2.05, 4.69) is 24.1 Å². The number of nitrogens with one attached hydrogen (secondary N) is 1. The van der Waals surface area contributed by atoms with E-state index < -0.39 is 0 Å². The zero-order valence-electron chi connectivity index (χ0n) is 11.4. The third kappa shape index (κ3) is 8.44. The second-order valence-corrected chi connectivity index (χ2v) is 4.01. The van der Waals surface area contributed by atoms with Crippen LogP contribution < -0.4 is 5.32 Å². The van der Waals surface area contributed by atoms with Crippen LogP contribution in [-0.4, -0.2) is 23.2 Å². The maximum Gasteiger partial charge on any atom is 0.252 e. The summed E-state index contributed by atoms with van der Waals surface area (Å²) in [5, 5.41) is 2.72. The van der Waals surface area contributed by atoms with E-state index in [0.717, 1.165) is 0 Å². The number of carbonyl (C=O) groups excluding carboxylic acids is 2. The Morgan fingerprint density at radius 1 is 1.33 bits per heavy atom. The van der Waals surface area contributed by atoms with Crippen LogP contribution in [0.1, 0.15) is 50.4 Å². The molecule has 0 bridgehead atoms. The Kier molecular flexibility index (Phi) is 9.45. The van der Waals surface area contributed by atoms with Crippen molar-refractivity contribution in [2.24, 2.45) is 0 Å². The number of rotatable bonds is 5. The molecule has 1 aromatic heterocycles. The van der Waals surface area contributed by atoms with Crippen LogP contribution in [0.5, 0.6) is 0 Å². The average molecular weight is 250 g/mol. The third-order valence-corrected chi connectivity index (χ3v) is 1.91. The van der Waals surface area contributed by atoms with Crippen LogP contribution in [-0.2, 0) is 4.79 Å². The first-order valence-corrected chi connectivity index (χ1v) is 6.29. The number of pyridine rings is 1. The van der Waals surface area contributed by atoms with Crippen molar-refractivity contribution in [2.75, 3.05) is 6.54 Å². The van der Waals surface area contributed by atoms with E-state index in [9.17, 15) is 9.59 Å². The quantitative estimate of drug-likeness (QED) is 0.817. The first-order valence-electron chi connectivity index (χ1n) is 6.29. The van der Waals surface area contributed by atoms with Crippen molar-refractivity contribution in [1.82, 2.24) is 10.3 Å². The third-order valence-electron chi connectivity index (χ3n) is 1.91. The molecule has 0 saturated carbocycles. The van der Waals surface area contributed by atoms with Crippen molar-refractivity contribution in [3.05, 3.63) is 30.1 Å². The van der Waals surface area contributed by atoms with Gasteiger partial charge in [0.1, 0.15) is 5.78 Å². The zero-order chi connectivity index (χ0) is 13.8. The highest BCUT2D eigenvalue weighted by molar-refractivity contribution is 5.93. The fourth-order valence-corrected chi connectivity index (χ4v) is 1.14. The minimum atomic E-state index is -0.147. The van der Waals surface area contributed by atoms with Crippen LogP contribution in [0.2, 0.25) is 0 Å². The molecule has 0 aromatic carbocycles. The highest BCUT2D eigenvalue weighted by atomic mass is 16.1. The van der Waals surface area contributed by atoms with Crippen molar-refractivity contribution >= 4 is 11.7 Å². The van der Waals surface area contributed by atoms with Crippen LogP contribution in [0.15, 0.2) is 24.5 Å².